The van der Waals surface area contributed by atoms with E-state index in [9.17, 15) is 0 Å². The fourth-order valence-corrected chi connectivity index (χ4v) is 2.65. The van der Waals surface area contributed by atoms with Crippen LogP contribution in [0.1, 0.15) is 25.5 Å². The molecular weight excluding hydrogens is 276 g/mol. The smallest absolute Gasteiger partial charge is 0.150 e. The number of hydrogen-bond donors (Lipinski definition) is 1. The Hall–Kier alpha value is -1.72. The van der Waals surface area contributed by atoms with E-state index in [2.05, 4.69) is 10.2 Å². The Morgan fingerprint density at radius 1 is 1.35 bits per heavy atom. The van der Waals surface area contributed by atoms with Crippen molar-refractivity contribution in [1.82, 2.24) is 9.78 Å². The van der Waals surface area contributed by atoms with E-state index in [0.29, 0.717) is 10.7 Å². The lowest BCUT2D eigenvalue weighted by atomic mass is 10.1. The Morgan fingerprint density at radius 2 is 2.25 bits per heavy atom. The second kappa shape index (κ2) is 5.73. The number of ether oxygens (including phenoxy) is 1. The average molecular weight is 291 g/mol. The van der Waals surface area contributed by atoms with Crippen molar-refractivity contribution in [3.63, 3.8) is 0 Å². The van der Waals surface area contributed by atoms with Crippen molar-refractivity contribution >= 4 is 17.3 Å². The lowest BCUT2D eigenvalue weighted by molar-refractivity contribution is -0.0383. The number of nitrogens with zero attached hydrogens (tertiary/aromatic N) is 3. The zero-order valence-electron chi connectivity index (χ0n) is 10.9. The van der Waals surface area contributed by atoms with Crippen molar-refractivity contribution in [2.45, 2.75) is 25.5 Å². The Balaban J connectivity index is 2.02. The maximum Gasteiger partial charge on any atom is 0.150 e. The molecule has 2 heterocycles. The van der Waals surface area contributed by atoms with Crippen molar-refractivity contribution in [2.24, 2.45) is 5.11 Å². The zero-order valence-corrected chi connectivity index (χ0v) is 11.7. The van der Waals surface area contributed by atoms with Crippen LogP contribution in [0.15, 0.2) is 35.6 Å². The minimum absolute atomic E-state index is 0.0389. The Morgan fingerprint density at radius 3 is 3.00 bits per heavy atom. The summed E-state index contributed by atoms with van der Waals surface area (Å²) in [7, 11) is 0. The van der Waals surface area contributed by atoms with Gasteiger partial charge in [0.2, 0.25) is 0 Å². The van der Waals surface area contributed by atoms with Gasteiger partial charge in [0, 0.05) is 23.4 Å². The first-order valence-electron chi connectivity index (χ1n) is 6.62. The van der Waals surface area contributed by atoms with Gasteiger partial charge in [0.05, 0.1) is 11.4 Å². The monoisotopic (exact) mass is 290 g/mol. The normalized spacial score (nSPS) is 18.9. The first kappa shape index (κ1) is 13.3. The van der Waals surface area contributed by atoms with Crippen LogP contribution in [-0.2, 0) is 4.74 Å². The van der Waals surface area contributed by atoms with Gasteiger partial charge in [-0.1, -0.05) is 11.6 Å². The van der Waals surface area contributed by atoms with Crippen LogP contribution in [0.4, 0.5) is 5.69 Å². The van der Waals surface area contributed by atoms with E-state index in [1.807, 2.05) is 16.8 Å². The standard InChI is InChI=1S/C14H15ClN4O/c15-10-4-5-11(12(9-10)18-16)13-6-7-17-19(13)14-3-1-2-8-20-14/h4-7,9,14,16H,1-3,8H2. The van der Waals surface area contributed by atoms with Crippen molar-refractivity contribution in [2.75, 3.05) is 6.61 Å². The number of benzene rings is 1. The van der Waals surface area contributed by atoms with Gasteiger partial charge in [0.25, 0.3) is 0 Å². The molecule has 1 unspecified atom stereocenters. The molecule has 1 N–H and O–H groups in total. The topological polar surface area (TPSA) is 63.3 Å². The molecule has 3 rings (SSSR count). The SMILES string of the molecule is N=Nc1cc(Cl)ccc1-c1ccnn1C1CCCCO1. The molecule has 0 spiro atoms. The van der Waals surface area contributed by atoms with Gasteiger partial charge in [0.1, 0.15) is 0 Å². The summed E-state index contributed by atoms with van der Waals surface area (Å²) in [6, 6.07) is 7.26. The third-order valence-electron chi connectivity index (χ3n) is 3.45. The van der Waals surface area contributed by atoms with E-state index in [0.717, 1.165) is 37.1 Å². The number of hydrogen-bond acceptors (Lipinski definition) is 4. The van der Waals surface area contributed by atoms with Gasteiger partial charge in [-0.2, -0.15) is 10.2 Å². The van der Waals surface area contributed by atoms with E-state index in [4.69, 9.17) is 21.9 Å². The molecule has 0 bridgehead atoms. The highest BCUT2D eigenvalue weighted by Gasteiger charge is 2.20. The molecule has 1 aliphatic rings. The number of halogens is 1. The molecule has 1 atom stereocenters. The highest BCUT2D eigenvalue weighted by atomic mass is 35.5. The highest BCUT2D eigenvalue weighted by molar-refractivity contribution is 6.31. The van der Waals surface area contributed by atoms with Gasteiger partial charge in [0.15, 0.2) is 6.23 Å². The first-order valence-corrected chi connectivity index (χ1v) is 7.00. The van der Waals surface area contributed by atoms with Gasteiger partial charge in [-0.05, 0) is 43.5 Å². The minimum Gasteiger partial charge on any atom is -0.356 e. The quantitative estimate of drug-likeness (QED) is 0.842. The second-order valence-electron chi connectivity index (χ2n) is 4.76. The zero-order chi connectivity index (χ0) is 13.9. The molecule has 104 valence electrons. The van der Waals surface area contributed by atoms with Gasteiger partial charge in [-0.3, -0.25) is 0 Å². The van der Waals surface area contributed by atoms with Gasteiger partial charge < -0.3 is 4.74 Å². The molecule has 0 aliphatic carbocycles. The van der Waals surface area contributed by atoms with Crippen molar-refractivity contribution in [3.8, 4) is 11.3 Å². The number of aromatic nitrogens is 2. The van der Waals surface area contributed by atoms with E-state index in [1.54, 1.807) is 18.3 Å². The fraction of sp³-hybridized carbons (Fsp3) is 0.357. The lowest BCUT2D eigenvalue weighted by Gasteiger charge is -2.24. The summed E-state index contributed by atoms with van der Waals surface area (Å²) in [5.74, 6) is 0. The fourth-order valence-electron chi connectivity index (χ4n) is 2.49. The minimum atomic E-state index is -0.0389. The number of rotatable bonds is 3. The van der Waals surface area contributed by atoms with Crippen LogP contribution >= 0.6 is 11.6 Å². The summed E-state index contributed by atoms with van der Waals surface area (Å²) < 4.78 is 7.65. The second-order valence-corrected chi connectivity index (χ2v) is 5.19. The molecule has 6 heteroatoms. The van der Waals surface area contributed by atoms with Gasteiger partial charge in [-0.25, -0.2) is 10.2 Å². The lowest BCUT2D eigenvalue weighted by Crippen LogP contribution is -2.19. The maximum atomic E-state index is 7.30. The predicted molar refractivity (Wildman–Crippen MR) is 76.3 cm³/mol. The van der Waals surface area contributed by atoms with E-state index >= 15 is 0 Å². The average Bonchev–Trinajstić information content (AvgIpc) is 2.97. The molecule has 2 aromatic rings. The number of nitrogens with one attached hydrogen (secondary N) is 1. The van der Waals surface area contributed by atoms with Crippen molar-refractivity contribution in [1.29, 1.82) is 5.53 Å². The molecule has 1 fully saturated rings. The molecular formula is C14H15ClN4O. The summed E-state index contributed by atoms with van der Waals surface area (Å²) in [5, 5.41) is 8.50. The van der Waals surface area contributed by atoms with Crippen molar-refractivity contribution < 1.29 is 4.74 Å². The van der Waals surface area contributed by atoms with Crippen LogP contribution in [0.5, 0.6) is 0 Å². The molecule has 0 amide bonds. The van der Waals surface area contributed by atoms with Gasteiger partial charge >= 0.3 is 0 Å². The third kappa shape index (κ3) is 2.46. The largest absolute Gasteiger partial charge is 0.356 e. The molecule has 1 aromatic carbocycles. The summed E-state index contributed by atoms with van der Waals surface area (Å²) in [6.45, 7) is 0.764. The summed E-state index contributed by atoms with van der Waals surface area (Å²) >= 11 is 5.96. The molecule has 20 heavy (non-hydrogen) atoms. The van der Waals surface area contributed by atoms with Crippen molar-refractivity contribution in [3.05, 3.63) is 35.5 Å². The van der Waals surface area contributed by atoms with E-state index in [-0.39, 0.29) is 6.23 Å². The molecule has 0 radical (unpaired) electrons. The van der Waals surface area contributed by atoms with E-state index < -0.39 is 0 Å². The Kier molecular flexibility index (Phi) is 3.80. The molecule has 1 saturated heterocycles. The first-order chi connectivity index (χ1) is 9.79. The highest BCUT2D eigenvalue weighted by Crippen LogP contribution is 2.35. The van der Waals surface area contributed by atoms with Crippen LogP contribution in [0.2, 0.25) is 5.02 Å². The summed E-state index contributed by atoms with van der Waals surface area (Å²) in [6.07, 6.45) is 4.90. The van der Waals surface area contributed by atoms with Crippen LogP contribution in [0.3, 0.4) is 0 Å². The van der Waals surface area contributed by atoms with Crippen LogP contribution < -0.4 is 0 Å². The molecule has 0 saturated carbocycles. The molecule has 1 aromatic heterocycles. The Labute approximate surface area is 122 Å². The summed E-state index contributed by atoms with van der Waals surface area (Å²) in [4.78, 5) is 0. The van der Waals surface area contributed by atoms with E-state index in [1.165, 1.54) is 0 Å². The van der Waals surface area contributed by atoms with Crippen LogP contribution in [-0.4, -0.2) is 16.4 Å². The maximum absolute atomic E-state index is 7.30. The Bertz CT molecular complexity index is 619. The van der Waals surface area contributed by atoms with Crippen LogP contribution in [0, 0.1) is 5.53 Å². The molecule has 1 aliphatic heterocycles. The van der Waals surface area contributed by atoms with Gasteiger partial charge in [-0.15, -0.1) is 0 Å². The van der Waals surface area contributed by atoms with Crippen LogP contribution in [0.25, 0.3) is 11.3 Å². The predicted octanol–water partition coefficient (Wildman–Crippen LogP) is 4.57. The third-order valence-corrected chi connectivity index (χ3v) is 3.69. The summed E-state index contributed by atoms with van der Waals surface area (Å²) in [5.41, 5.74) is 9.59. The molecule has 5 nitrogen and oxygen atoms in total.